The predicted molar refractivity (Wildman–Crippen MR) is 61.0 cm³/mol. The van der Waals surface area contributed by atoms with Crippen LogP contribution in [0.3, 0.4) is 0 Å². The standard InChI is InChI=1S/C12H11ClN2/c1-9-4-2-3-5-10(9)6-12-7-11(13)8-14-15-12/h2-5,7-8H,6H2,1H3. The molecule has 0 aliphatic rings. The fourth-order valence-corrected chi connectivity index (χ4v) is 1.64. The van der Waals surface area contributed by atoms with E-state index in [1.165, 1.54) is 11.1 Å². The minimum absolute atomic E-state index is 0.633. The Morgan fingerprint density at radius 1 is 1.27 bits per heavy atom. The number of halogens is 1. The molecule has 76 valence electrons. The van der Waals surface area contributed by atoms with Gasteiger partial charge in [-0.3, -0.25) is 0 Å². The van der Waals surface area contributed by atoms with Crippen molar-refractivity contribution in [3.63, 3.8) is 0 Å². The zero-order valence-electron chi connectivity index (χ0n) is 8.44. The second-order valence-electron chi connectivity index (χ2n) is 3.47. The van der Waals surface area contributed by atoms with Crippen molar-refractivity contribution in [1.29, 1.82) is 0 Å². The summed E-state index contributed by atoms with van der Waals surface area (Å²) in [5.41, 5.74) is 3.42. The van der Waals surface area contributed by atoms with Gasteiger partial charge in [-0.15, -0.1) is 0 Å². The Bertz CT molecular complexity index is 469. The van der Waals surface area contributed by atoms with E-state index < -0.39 is 0 Å². The number of nitrogens with zero attached hydrogens (tertiary/aromatic N) is 2. The zero-order valence-corrected chi connectivity index (χ0v) is 9.20. The summed E-state index contributed by atoms with van der Waals surface area (Å²) in [6.07, 6.45) is 2.32. The smallest absolute Gasteiger partial charge is 0.0689 e. The molecule has 1 aromatic heterocycles. The number of hydrogen-bond donors (Lipinski definition) is 0. The molecule has 2 rings (SSSR count). The van der Waals surface area contributed by atoms with Gasteiger partial charge in [-0.2, -0.15) is 10.2 Å². The molecule has 1 heterocycles. The van der Waals surface area contributed by atoms with E-state index in [1.54, 1.807) is 6.20 Å². The Hall–Kier alpha value is -1.41. The summed E-state index contributed by atoms with van der Waals surface area (Å²) in [6.45, 7) is 2.09. The fraction of sp³-hybridized carbons (Fsp3) is 0.167. The lowest BCUT2D eigenvalue weighted by Crippen LogP contribution is -1.95. The lowest BCUT2D eigenvalue weighted by Gasteiger charge is -2.04. The molecule has 1 aromatic carbocycles. The number of rotatable bonds is 2. The quantitative estimate of drug-likeness (QED) is 0.775. The number of benzene rings is 1. The van der Waals surface area contributed by atoms with Crippen LogP contribution in [0.2, 0.25) is 5.02 Å². The first-order chi connectivity index (χ1) is 7.25. The van der Waals surface area contributed by atoms with Crippen LogP contribution < -0.4 is 0 Å². The molecular weight excluding hydrogens is 208 g/mol. The molecule has 0 radical (unpaired) electrons. The van der Waals surface area contributed by atoms with Crippen LogP contribution in [0.5, 0.6) is 0 Å². The van der Waals surface area contributed by atoms with Crippen molar-refractivity contribution in [1.82, 2.24) is 10.2 Å². The van der Waals surface area contributed by atoms with Gasteiger partial charge in [-0.1, -0.05) is 35.9 Å². The Morgan fingerprint density at radius 3 is 2.80 bits per heavy atom. The first kappa shape index (κ1) is 10.1. The third-order valence-corrected chi connectivity index (χ3v) is 2.51. The highest BCUT2D eigenvalue weighted by Crippen LogP contribution is 2.13. The van der Waals surface area contributed by atoms with E-state index in [-0.39, 0.29) is 0 Å². The van der Waals surface area contributed by atoms with Crippen molar-refractivity contribution >= 4 is 11.6 Å². The largest absolute Gasteiger partial charge is 0.157 e. The average Bonchev–Trinajstić information content (AvgIpc) is 2.22. The number of aryl methyl sites for hydroxylation is 1. The molecule has 0 aliphatic heterocycles. The van der Waals surface area contributed by atoms with E-state index in [0.717, 1.165) is 12.1 Å². The third kappa shape index (κ3) is 2.54. The molecule has 2 nitrogen and oxygen atoms in total. The van der Waals surface area contributed by atoms with Crippen molar-refractivity contribution in [2.24, 2.45) is 0 Å². The Labute approximate surface area is 93.9 Å². The summed E-state index contributed by atoms with van der Waals surface area (Å²) in [5, 5.41) is 8.50. The topological polar surface area (TPSA) is 25.8 Å². The zero-order chi connectivity index (χ0) is 10.7. The van der Waals surface area contributed by atoms with Crippen molar-refractivity contribution in [3.8, 4) is 0 Å². The lowest BCUT2D eigenvalue weighted by atomic mass is 10.0. The molecule has 0 saturated heterocycles. The normalized spacial score (nSPS) is 10.3. The summed E-state index contributed by atoms with van der Waals surface area (Å²) in [4.78, 5) is 0. The highest BCUT2D eigenvalue weighted by atomic mass is 35.5. The minimum atomic E-state index is 0.633. The van der Waals surface area contributed by atoms with Gasteiger partial charge in [0.25, 0.3) is 0 Å². The summed E-state index contributed by atoms with van der Waals surface area (Å²) in [5.74, 6) is 0. The van der Waals surface area contributed by atoms with E-state index in [1.807, 2.05) is 18.2 Å². The second-order valence-corrected chi connectivity index (χ2v) is 3.90. The maximum Gasteiger partial charge on any atom is 0.0689 e. The van der Waals surface area contributed by atoms with Gasteiger partial charge in [0.05, 0.1) is 16.9 Å². The summed E-state index contributed by atoms with van der Waals surface area (Å²) in [6, 6.07) is 10.1. The van der Waals surface area contributed by atoms with Gasteiger partial charge in [0.2, 0.25) is 0 Å². The van der Waals surface area contributed by atoms with Crippen LogP contribution in [0, 0.1) is 6.92 Å². The second kappa shape index (κ2) is 4.41. The molecule has 2 aromatic rings. The summed E-state index contributed by atoms with van der Waals surface area (Å²) >= 11 is 5.85. The van der Waals surface area contributed by atoms with Gasteiger partial charge >= 0.3 is 0 Å². The first-order valence-electron chi connectivity index (χ1n) is 4.77. The van der Waals surface area contributed by atoms with E-state index in [2.05, 4.69) is 29.3 Å². The molecule has 3 heteroatoms. The molecule has 0 spiro atoms. The minimum Gasteiger partial charge on any atom is -0.157 e. The highest BCUT2D eigenvalue weighted by Gasteiger charge is 2.01. The fourth-order valence-electron chi connectivity index (χ4n) is 1.47. The van der Waals surface area contributed by atoms with Crippen LogP contribution in [-0.2, 0) is 6.42 Å². The van der Waals surface area contributed by atoms with Gasteiger partial charge < -0.3 is 0 Å². The van der Waals surface area contributed by atoms with Crippen molar-refractivity contribution in [2.45, 2.75) is 13.3 Å². The third-order valence-electron chi connectivity index (χ3n) is 2.30. The Kier molecular flexibility index (Phi) is 2.97. The molecule has 0 fully saturated rings. The number of hydrogen-bond acceptors (Lipinski definition) is 2. The van der Waals surface area contributed by atoms with Gasteiger partial charge in [-0.05, 0) is 24.1 Å². The molecule has 0 saturated carbocycles. The molecule has 0 aliphatic carbocycles. The summed E-state index contributed by atoms with van der Waals surface area (Å²) in [7, 11) is 0. The van der Waals surface area contributed by atoms with Gasteiger partial charge in [-0.25, -0.2) is 0 Å². The van der Waals surface area contributed by atoms with Crippen LogP contribution in [0.4, 0.5) is 0 Å². The van der Waals surface area contributed by atoms with E-state index >= 15 is 0 Å². The van der Waals surface area contributed by atoms with Crippen molar-refractivity contribution < 1.29 is 0 Å². The van der Waals surface area contributed by atoms with Crippen LogP contribution in [0.1, 0.15) is 16.8 Å². The molecule has 15 heavy (non-hydrogen) atoms. The Morgan fingerprint density at radius 2 is 2.07 bits per heavy atom. The molecule has 0 atom stereocenters. The molecule has 0 bridgehead atoms. The highest BCUT2D eigenvalue weighted by molar-refractivity contribution is 6.30. The predicted octanol–water partition coefficient (Wildman–Crippen LogP) is 3.03. The first-order valence-corrected chi connectivity index (χ1v) is 5.15. The average molecular weight is 219 g/mol. The maximum absolute atomic E-state index is 5.85. The van der Waals surface area contributed by atoms with Crippen LogP contribution >= 0.6 is 11.6 Å². The monoisotopic (exact) mass is 218 g/mol. The molecule has 0 amide bonds. The van der Waals surface area contributed by atoms with Crippen LogP contribution in [-0.4, -0.2) is 10.2 Å². The SMILES string of the molecule is Cc1ccccc1Cc1cc(Cl)cnn1. The van der Waals surface area contributed by atoms with Crippen LogP contribution in [0.15, 0.2) is 36.5 Å². The lowest BCUT2D eigenvalue weighted by molar-refractivity contribution is 0.933. The Balaban J connectivity index is 2.26. The molecule has 0 unspecified atom stereocenters. The van der Waals surface area contributed by atoms with Gasteiger partial charge in [0.15, 0.2) is 0 Å². The van der Waals surface area contributed by atoms with Crippen molar-refractivity contribution in [3.05, 3.63) is 58.4 Å². The molecule has 0 N–H and O–H groups in total. The maximum atomic E-state index is 5.85. The van der Waals surface area contributed by atoms with E-state index in [0.29, 0.717) is 5.02 Å². The van der Waals surface area contributed by atoms with Gasteiger partial charge in [0.1, 0.15) is 0 Å². The van der Waals surface area contributed by atoms with Gasteiger partial charge in [0, 0.05) is 6.42 Å². The number of aromatic nitrogens is 2. The summed E-state index contributed by atoms with van der Waals surface area (Å²) < 4.78 is 0. The molecular formula is C12H11ClN2. The van der Waals surface area contributed by atoms with E-state index in [4.69, 9.17) is 11.6 Å². The van der Waals surface area contributed by atoms with Crippen LogP contribution in [0.25, 0.3) is 0 Å². The van der Waals surface area contributed by atoms with Crippen molar-refractivity contribution in [2.75, 3.05) is 0 Å². The van der Waals surface area contributed by atoms with E-state index in [9.17, 15) is 0 Å².